The van der Waals surface area contributed by atoms with Crippen molar-refractivity contribution in [3.63, 3.8) is 0 Å². The molecule has 0 saturated heterocycles. The molecule has 2 aromatic heterocycles. The molecule has 0 aliphatic carbocycles. The number of ether oxygens (including phenoxy) is 1. The van der Waals surface area contributed by atoms with Crippen LogP contribution in [0.1, 0.15) is 5.56 Å². The number of aryl methyl sites for hydroxylation is 1. The van der Waals surface area contributed by atoms with Crippen LogP contribution in [-0.4, -0.2) is 19.8 Å². The van der Waals surface area contributed by atoms with Gasteiger partial charge < -0.3 is 10.5 Å². The van der Waals surface area contributed by atoms with Crippen molar-refractivity contribution >= 4 is 28.1 Å². The van der Waals surface area contributed by atoms with Crippen molar-refractivity contribution in [3.05, 3.63) is 48.3 Å². The van der Waals surface area contributed by atoms with Crippen molar-refractivity contribution in [1.29, 1.82) is 0 Å². The summed E-state index contributed by atoms with van der Waals surface area (Å²) >= 11 is 5.10. The van der Waals surface area contributed by atoms with Gasteiger partial charge in [-0.3, -0.25) is 4.68 Å². The molecule has 0 saturated carbocycles. The number of hydrogen-bond donors (Lipinski definition) is 1. The normalized spacial score (nSPS) is 10.7. The number of fused-ring (bicyclic) bond motifs is 1. The molecule has 1 aromatic carbocycles. The molecular weight excluding hydrogens is 272 g/mol. The first kappa shape index (κ1) is 12.6. The van der Waals surface area contributed by atoms with Crippen LogP contribution in [0.2, 0.25) is 0 Å². The Kier molecular flexibility index (Phi) is 3.08. The summed E-state index contributed by atoms with van der Waals surface area (Å²) in [5, 5.41) is 4.96. The van der Waals surface area contributed by atoms with E-state index in [2.05, 4.69) is 10.1 Å². The van der Waals surface area contributed by atoms with Crippen LogP contribution >= 0.6 is 12.2 Å². The molecule has 3 rings (SSSR count). The number of benzene rings is 1. The average molecular weight is 284 g/mol. The van der Waals surface area contributed by atoms with Gasteiger partial charge >= 0.3 is 0 Å². The van der Waals surface area contributed by atoms with Gasteiger partial charge in [-0.2, -0.15) is 5.10 Å². The van der Waals surface area contributed by atoms with Gasteiger partial charge in [-0.15, -0.1) is 0 Å². The summed E-state index contributed by atoms with van der Waals surface area (Å²) in [6, 6.07) is 9.41. The predicted octanol–water partition coefficient (Wildman–Crippen LogP) is 2.39. The number of aromatic nitrogens is 3. The summed E-state index contributed by atoms with van der Waals surface area (Å²) in [6.45, 7) is 0. The number of rotatable bonds is 3. The molecule has 6 heteroatoms. The topological polar surface area (TPSA) is 66.0 Å². The zero-order valence-corrected chi connectivity index (χ0v) is 11.6. The standard InChI is InChI=1S/C14H12N4OS/c1-18-8-9(7-16-18)19-13-6-11(14(15)20)10-4-2-3-5-12(10)17-13/h2-8H,1H3,(H2,15,20). The fourth-order valence-electron chi connectivity index (χ4n) is 1.98. The highest BCUT2D eigenvalue weighted by Gasteiger charge is 2.09. The SMILES string of the molecule is Cn1cc(Oc2cc(C(N)=S)c3ccccc3n2)cn1. The Morgan fingerprint density at radius 1 is 1.35 bits per heavy atom. The van der Waals surface area contributed by atoms with Crippen LogP contribution in [0.3, 0.4) is 0 Å². The summed E-state index contributed by atoms with van der Waals surface area (Å²) in [7, 11) is 1.82. The quantitative estimate of drug-likeness (QED) is 0.748. The maximum atomic E-state index is 5.78. The fraction of sp³-hybridized carbons (Fsp3) is 0.0714. The highest BCUT2D eigenvalue weighted by molar-refractivity contribution is 7.80. The van der Waals surface area contributed by atoms with Gasteiger partial charge in [-0.05, 0) is 6.07 Å². The second kappa shape index (κ2) is 4.90. The zero-order valence-electron chi connectivity index (χ0n) is 10.8. The molecule has 0 unspecified atom stereocenters. The summed E-state index contributed by atoms with van der Waals surface area (Å²) in [5.74, 6) is 1.06. The molecule has 0 radical (unpaired) electrons. The Labute approximate surface area is 121 Å². The molecule has 100 valence electrons. The maximum Gasteiger partial charge on any atom is 0.220 e. The van der Waals surface area contributed by atoms with Gasteiger partial charge in [0.2, 0.25) is 5.88 Å². The van der Waals surface area contributed by atoms with Crippen LogP contribution in [0, 0.1) is 0 Å². The summed E-state index contributed by atoms with van der Waals surface area (Å²) < 4.78 is 7.35. The maximum absolute atomic E-state index is 5.78. The van der Waals surface area contributed by atoms with E-state index in [1.54, 1.807) is 23.1 Å². The minimum absolute atomic E-state index is 0.319. The number of hydrogen-bond acceptors (Lipinski definition) is 4. The summed E-state index contributed by atoms with van der Waals surface area (Å²) in [5.41, 5.74) is 7.32. The van der Waals surface area contributed by atoms with Crippen LogP contribution in [0.15, 0.2) is 42.7 Å². The lowest BCUT2D eigenvalue weighted by Gasteiger charge is -2.08. The minimum Gasteiger partial charge on any atom is -0.436 e. The first-order chi connectivity index (χ1) is 9.63. The lowest BCUT2D eigenvalue weighted by Crippen LogP contribution is -2.10. The van der Waals surface area contributed by atoms with Crippen molar-refractivity contribution in [2.45, 2.75) is 0 Å². The fourth-order valence-corrected chi connectivity index (χ4v) is 2.15. The van der Waals surface area contributed by atoms with E-state index in [0.29, 0.717) is 16.6 Å². The largest absolute Gasteiger partial charge is 0.436 e. The molecule has 2 heterocycles. The van der Waals surface area contributed by atoms with Crippen molar-refractivity contribution in [2.24, 2.45) is 12.8 Å². The molecule has 20 heavy (non-hydrogen) atoms. The monoisotopic (exact) mass is 284 g/mol. The van der Waals surface area contributed by atoms with E-state index < -0.39 is 0 Å². The van der Waals surface area contributed by atoms with Crippen LogP contribution in [0.4, 0.5) is 0 Å². The van der Waals surface area contributed by atoms with Crippen LogP contribution in [0.25, 0.3) is 10.9 Å². The summed E-state index contributed by atoms with van der Waals surface area (Å²) in [6.07, 6.45) is 3.38. The third-order valence-electron chi connectivity index (χ3n) is 2.86. The van der Waals surface area contributed by atoms with Gasteiger partial charge in [0.1, 0.15) is 4.99 Å². The van der Waals surface area contributed by atoms with E-state index >= 15 is 0 Å². The Bertz CT molecular complexity index is 797. The molecule has 5 nitrogen and oxygen atoms in total. The average Bonchev–Trinajstić information content (AvgIpc) is 2.83. The van der Waals surface area contributed by atoms with Crippen LogP contribution in [-0.2, 0) is 7.05 Å². The van der Waals surface area contributed by atoms with Crippen molar-refractivity contribution < 1.29 is 4.74 Å². The lowest BCUT2D eigenvalue weighted by atomic mass is 10.1. The number of para-hydroxylation sites is 1. The van der Waals surface area contributed by atoms with E-state index in [1.165, 1.54) is 0 Å². The molecule has 3 aromatic rings. The smallest absolute Gasteiger partial charge is 0.220 e. The number of nitrogens with two attached hydrogens (primary N) is 1. The molecule has 0 spiro atoms. The lowest BCUT2D eigenvalue weighted by molar-refractivity contribution is 0.464. The molecule has 2 N–H and O–H groups in total. The van der Waals surface area contributed by atoms with Crippen molar-refractivity contribution in [2.75, 3.05) is 0 Å². The van der Waals surface area contributed by atoms with Crippen molar-refractivity contribution in [1.82, 2.24) is 14.8 Å². The zero-order chi connectivity index (χ0) is 14.1. The first-order valence-corrected chi connectivity index (χ1v) is 6.40. The molecule has 0 bridgehead atoms. The molecule has 0 fully saturated rings. The van der Waals surface area contributed by atoms with E-state index in [4.69, 9.17) is 22.7 Å². The van der Waals surface area contributed by atoms with Gasteiger partial charge in [-0.1, -0.05) is 30.4 Å². The highest BCUT2D eigenvalue weighted by atomic mass is 32.1. The Morgan fingerprint density at radius 2 is 2.15 bits per heavy atom. The van der Waals surface area contributed by atoms with Gasteiger partial charge in [0.05, 0.1) is 17.9 Å². The van der Waals surface area contributed by atoms with E-state index in [0.717, 1.165) is 16.5 Å². The van der Waals surface area contributed by atoms with Crippen molar-refractivity contribution in [3.8, 4) is 11.6 Å². The van der Waals surface area contributed by atoms with Gasteiger partial charge in [0.15, 0.2) is 5.75 Å². The van der Waals surface area contributed by atoms with E-state index in [1.807, 2.05) is 31.3 Å². The second-order valence-corrected chi connectivity index (χ2v) is 4.78. The van der Waals surface area contributed by atoms with Crippen LogP contribution in [0.5, 0.6) is 11.6 Å². The van der Waals surface area contributed by atoms with Gasteiger partial charge in [0, 0.05) is 24.1 Å². The molecular formula is C14H12N4OS. The Balaban J connectivity index is 2.10. The Morgan fingerprint density at radius 3 is 2.85 bits per heavy atom. The molecule has 0 aliphatic heterocycles. The van der Waals surface area contributed by atoms with E-state index in [9.17, 15) is 0 Å². The number of pyridine rings is 1. The molecule has 0 aliphatic rings. The first-order valence-electron chi connectivity index (χ1n) is 5.99. The van der Waals surface area contributed by atoms with Gasteiger partial charge in [-0.25, -0.2) is 4.98 Å². The Hall–Kier alpha value is -2.47. The molecule has 0 amide bonds. The highest BCUT2D eigenvalue weighted by Crippen LogP contribution is 2.25. The molecule has 0 atom stereocenters. The predicted molar refractivity (Wildman–Crippen MR) is 80.9 cm³/mol. The third-order valence-corrected chi connectivity index (χ3v) is 3.08. The third kappa shape index (κ3) is 2.33. The minimum atomic E-state index is 0.319. The number of thiocarbonyl (C=S) groups is 1. The van der Waals surface area contributed by atoms with E-state index in [-0.39, 0.29) is 0 Å². The summed E-state index contributed by atoms with van der Waals surface area (Å²) in [4.78, 5) is 4.77. The second-order valence-electron chi connectivity index (χ2n) is 4.34. The van der Waals surface area contributed by atoms with Gasteiger partial charge in [0.25, 0.3) is 0 Å². The number of nitrogens with zero attached hydrogens (tertiary/aromatic N) is 3. The van der Waals surface area contributed by atoms with Crippen LogP contribution < -0.4 is 10.5 Å².